The van der Waals surface area contributed by atoms with Crippen molar-refractivity contribution in [1.29, 1.82) is 0 Å². The molecule has 0 unspecified atom stereocenters. The molecule has 0 aliphatic heterocycles. The van der Waals surface area contributed by atoms with Gasteiger partial charge in [-0.15, -0.1) is 0 Å². The van der Waals surface area contributed by atoms with Gasteiger partial charge in [0.15, 0.2) is 0 Å². The van der Waals surface area contributed by atoms with Crippen molar-refractivity contribution >= 4 is 11.6 Å². The van der Waals surface area contributed by atoms with Crippen LogP contribution >= 0.6 is 0 Å². The van der Waals surface area contributed by atoms with E-state index in [4.69, 9.17) is 9.26 Å². The first kappa shape index (κ1) is 21.6. The Balaban J connectivity index is 1.55. The second-order valence-corrected chi connectivity index (χ2v) is 7.98. The summed E-state index contributed by atoms with van der Waals surface area (Å²) in [7, 11) is 0. The van der Waals surface area contributed by atoms with E-state index in [-0.39, 0.29) is 18.4 Å². The number of benzene rings is 2. The van der Waals surface area contributed by atoms with Gasteiger partial charge in [-0.1, -0.05) is 43.3 Å². The minimum absolute atomic E-state index is 0.100. The number of aryl methyl sites for hydroxylation is 2. The van der Waals surface area contributed by atoms with Gasteiger partial charge in [0.25, 0.3) is 0 Å². The van der Waals surface area contributed by atoms with E-state index in [0.717, 1.165) is 22.6 Å². The summed E-state index contributed by atoms with van der Waals surface area (Å²) in [4.78, 5) is 16.8. The molecule has 0 spiro atoms. The first-order chi connectivity index (χ1) is 14.3. The zero-order valence-corrected chi connectivity index (χ0v) is 18.2. The molecule has 1 aromatic heterocycles. The molecule has 0 radical (unpaired) electrons. The molecule has 0 atom stereocenters. The van der Waals surface area contributed by atoms with Crippen LogP contribution in [0.3, 0.4) is 0 Å². The fraction of sp³-hybridized carbons (Fsp3) is 0.375. The van der Waals surface area contributed by atoms with Crippen LogP contribution in [0.4, 0.5) is 5.69 Å². The lowest BCUT2D eigenvalue weighted by molar-refractivity contribution is -0.116. The first-order valence-corrected chi connectivity index (χ1v) is 10.3. The van der Waals surface area contributed by atoms with Gasteiger partial charge < -0.3 is 14.6 Å². The van der Waals surface area contributed by atoms with Gasteiger partial charge in [-0.3, -0.25) is 4.79 Å². The number of nitrogens with zero attached hydrogens (tertiary/aromatic N) is 2. The van der Waals surface area contributed by atoms with Crippen LogP contribution in [0.5, 0.6) is 5.75 Å². The van der Waals surface area contributed by atoms with Crippen LogP contribution in [0.15, 0.2) is 47.0 Å². The summed E-state index contributed by atoms with van der Waals surface area (Å²) in [6.07, 6.45) is 0.756. The molecule has 0 aliphatic carbocycles. The smallest absolute Gasteiger partial charge is 0.227 e. The quantitative estimate of drug-likeness (QED) is 0.531. The van der Waals surface area contributed by atoms with Gasteiger partial charge >= 0.3 is 0 Å². The number of hydrogen-bond acceptors (Lipinski definition) is 5. The molecule has 158 valence electrons. The molecule has 3 rings (SSSR count). The number of carbonyl (C=O) groups excluding carboxylic acids is 1. The molecule has 0 bridgehead atoms. The lowest BCUT2D eigenvalue weighted by atomic mass is 10.0. The highest BCUT2D eigenvalue weighted by molar-refractivity contribution is 5.91. The van der Waals surface area contributed by atoms with Gasteiger partial charge in [-0.2, -0.15) is 4.98 Å². The summed E-state index contributed by atoms with van der Waals surface area (Å²) < 4.78 is 11.0. The third-order valence-corrected chi connectivity index (χ3v) is 4.71. The molecule has 2 aromatic carbocycles. The van der Waals surface area contributed by atoms with Gasteiger partial charge in [0.05, 0.1) is 6.10 Å². The lowest BCUT2D eigenvalue weighted by Crippen LogP contribution is -2.13. The van der Waals surface area contributed by atoms with Crippen molar-refractivity contribution < 1.29 is 14.1 Å². The highest BCUT2D eigenvalue weighted by atomic mass is 16.5. The van der Waals surface area contributed by atoms with Crippen molar-refractivity contribution in [1.82, 2.24) is 10.1 Å². The maximum absolute atomic E-state index is 12.3. The second kappa shape index (κ2) is 9.57. The largest absolute Gasteiger partial charge is 0.491 e. The second-order valence-electron chi connectivity index (χ2n) is 7.98. The monoisotopic (exact) mass is 407 g/mol. The molecule has 1 N–H and O–H groups in total. The average molecular weight is 408 g/mol. The Hall–Kier alpha value is -3.15. The van der Waals surface area contributed by atoms with Gasteiger partial charge in [0.1, 0.15) is 5.75 Å². The van der Waals surface area contributed by atoms with Crippen molar-refractivity contribution in [3.05, 3.63) is 59.5 Å². The molecule has 0 saturated heterocycles. The molecule has 6 heteroatoms. The highest BCUT2D eigenvalue weighted by Gasteiger charge is 2.12. The van der Waals surface area contributed by atoms with Crippen molar-refractivity contribution in [3.63, 3.8) is 0 Å². The van der Waals surface area contributed by atoms with Crippen LogP contribution in [0, 0.1) is 6.92 Å². The van der Waals surface area contributed by atoms with Crippen molar-refractivity contribution in [2.45, 2.75) is 59.5 Å². The number of hydrogen-bond donors (Lipinski definition) is 1. The molecule has 0 saturated carbocycles. The summed E-state index contributed by atoms with van der Waals surface area (Å²) in [5, 5.41) is 6.97. The molecule has 6 nitrogen and oxygen atoms in total. The normalized spacial score (nSPS) is 11.2. The van der Waals surface area contributed by atoms with Gasteiger partial charge in [0.2, 0.25) is 17.6 Å². The summed E-state index contributed by atoms with van der Waals surface area (Å²) >= 11 is 0. The Morgan fingerprint density at radius 3 is 2.47 bits per heavy atom. The van der Waals surface area contributed by atoms with Crippen molar-refractivity contribution in [3.8, 4) is 17.1 Å². The van der Waals surface area contributed by atoms with E-state index in [1.807, 2.05) is 51.1 Å². The zero-order valence-electron chi connectivity index (χ0n) is 18.2. The third-order valence-electron chi connectivity index (χ3n) is 4.71. The predicted octanol–water partition coefficient (Wildman–Crippen LogP) is 5.53. The van der Waals surface area contributed by atoms with Crippen LogP contribution in [0.1, 0.15) is 57.1 Å². The Morgan fingerprint density at radius 1 is 1.10 bits per heavy atom. The zero-order chi connectivity index (χ0) is 21.7. The average Bonchev–Trinajstić information content (AvgIpc) is 3.17. The number of nitrogens with one attached hydrogen (secondary N) is 1. The molecule has 30 heavy (non-hydrogen) atoms. The van der Waals surface area contributed by atoms with E-state index in [9.17, 15) is 4.79 Å². The Bertz CT molecular complexity index is 991. The van der Waals surface area contributed by atoms with Crippen LogP contribution in [0.25, 0.3) is 11.4 Å². The fourth-order valence-corrected chi connectivity index (χ4v) is 3.05. The number of carbonyl (C=O) groups is 1. The maximum Gasteiger partial charge on any atom is 0.227 e. The molecule has 1 amide bonds. The maximum atomic E-state index is 12.3. The Kier molecular flexibility index (Phi) is 6.87. The van der Waals surface area contributed by atoms with E-state index < -0.39 is 0 Å². The molecular weight excluding hydrogens is 378 g/mol. The number of ether oxygens (including phenoxy) is 1. The summed E-state index contributed by atoms with van der Waals surface area (Å²) in [6.45, 7) is 10.2. The summed E-state index contributed by atoms with van der Waals surface area (Å²) in [5.41, 5.74) is 3.88. The summed E-state index contributed by atoms with van der Waals surface area (Å²) in [6, 6.07) is 13.8. The fourth-order valence-electron chi connectivity index (χ4n) is 3.05. The van der Waals surface area contributed by atoms with Gasteiger partial charge in [-0.05, 0) is 56.0 Å². The summed E-state index contributed by atoms with van der Waals surface area (Å²) in [5.74, 6) is 2.15. The molecular formula is C24H29N3O3. The number of rotatable bonds is 8. The lowest BCUT2D eigenvalue weighted by Gasteiger charge is -2.13. The Labute approximate surface area is 177 Å². The van der Waals surface area contributed by atoms with Crippen molar-refractivity contribution in [2.75, 3.05) is 5.32 Å². The minimum atomic E-state index is -0.100. The van der Waals surface area contributed by atoms with E-state index in [1.54, 1.807) is 0 Å². The molecule has 3 aromatic rings. The molecule has 0 fully saturated rings. The Morgan fingerprint density at radius 2 is 1.83 bits per heavy atom. The van der Waals surface area contributed by atoms with Crippen LogP contribution in [0.2, 0.25) is 0 Å². The topological polar surface area (TPSA) is 77.2 Å². The predicted molar refractivity (Wildman–Crippen MR) is 118 cm³/mol. The SMILES string of the molecule is Cc1cc(OC(C)C)ccc1NC(=O)CCc1nc(-c2ccc(C(C)C)cc2)no1. The van der Waals surface area contributed by atoms with Crippen LogP contribution in [-0.2, 0) is 11.2 Å². The van der Waals surface area contributed by atoms with E-state index >= 15 is 0 Å². The van der Waals surface area contributed by atoms with E-state index in [2.05, 4.69) is 41.4 Å². The van der Waals surface area contributed by atoms with Crippen LogP contribution < -0.4 is 10.1 Å². The number of amides is 1. The molecule has 0 aliphatic rings. The van der Waals surface area contributed by atoms with Gasteiger partial charge in [-0.25, -0.2) is 0 Å². The van der Waals surface area contributed by atoms with Crippen molar-refractivity contribution in [2.24, 2.45) is 0 Å². The highest BCUT2D eigenvalue weighted by Crippen LogP contribution is 2.23. The van der Waals surface area contributed by atoms with E-state index in [0.29, 0.717) is 24.1 Å². The number of aromatic nitrogens is 2. The third kappa shape index (κ3) is 5.69. The first-order valence-electron chi connectivity index (χ1n) is 10.3. The number of anilines is 1. The minimum Gasteiger partial charge on any atom is -0.491 e. The van der Waals surface area contributed by atoms with E-state index in [1.165, 1.54) is 5.56 Å². The van der Waals surface area contributed by atoms with Gasteiger partial charge in [0, 0.05) is 24.1 Å². The molecule has 1 heterocycles. The standard InChI is InChI=1S/C24H29N3O3/c1-15(2)18-6-8-19(9-7-18)24-26-23(30-27-24)13-12-22(28)25-21-11-10-20(14-17(21)5)29-16(3)4/h6-11,14-16H,12-13H2,1-5H3,(H,25,28). The van der Waals surface area contributed by atoms with Crippen LogP contribution in [-0.4, -0.2) is 22.2 Å².